The summed E-state index contributed by atoms with van der Waals surface area (Å²) in [4.78, 5) is 25.5. The maximum Gasteiger partial charge on any atom is 0.417 e. The Morgan fingerprint density at radius 2 is 1.86 bits per heavy atom. The van der Waals surface area contributed by atoms with Crippen molar-refractivity contribution in [3.8, 4) is 5.75 Å². The summed E-state index contributed by atoms with van der Waals surface area (Å²) in [5.41, 5.74) is 0.502. The maximum absolute atomic E-state index is 12.2. The second-order valence-corrected chi connectivity index (χ2v) is 6.49. The molecule has 0 bridgehead atoms. The first kappa shape index (κ1) is 16.3. The largest absolute Gasteiger partial charge is 0.497 e. The second kappa shape index (κ2) is 6.38. The van der Waals surface area contributed by atoms with E-state index < -0.39 is 11.7 Å². The van der Waals surface area contributed by atoms with Gasteiger partial charge in [0.05, 0.1) is 7.11 Å². The minimum absolute atomic E-state index is 0.136. The first-order valence-corrected chi connectivity index (χ1v) is 7.47. The molecule has 5 heteroatoms. The Labute approximate surface area is 131 Å². The van der Waals surface area contributed by atoms with Crippen LogP contribution in [0.2, 0.25) is 0 Å². The first-order chi connectivity index (χ1) is 10.3. The first-order valence-electron chi connectivity index (χ1n) is 7.47. The number of hydrogen-bond acceptors (Lipinski definition) is 4. The number of benzene rings is 1. The number of hydrogen-bond donors (Lipinski definition) is 0. The molecule has 1 aromatic rings. The van der Waals surface area contributed by atoms with Crippen LogP contribution in [0.1, 0.15) is 45.1 Å². The van der Waals surface area contributed by atoms with Crippen LogP contribution in [0.5, 0.6) is 5.75 Å². The molecule has 0 N–H and O–H groups in total. The van der Waals surface area contributed by atoms with Gasteiger partial charge in [-0.05, 0) is 50.8 Å². The van der Waals surface area contributed by atoms with Crippen molar-refractivity contribution in [3.05, 3.63) is 29.8 Å². The lowest BCUT2D eigenvalue weighted by Crippen LogP contribution is -2.44. The molecule has 1 unspecified atom stereocenters. The second-order valence-electron chi connectivity index (χ2n) is 6.49. The van der Waals surface area contributed by atoms with Gasteiger partial charge in [-0.3, -0.25) is 4.79 Å². The fraction of sp³-hybridized carbons (Fsp3) is 0.529. The number of piperidine rings is 1. The molecule has 1 aromatic carbocycles. The van der Waals surface area contributed by atoms with Gasteiger partial charge >= 0.3 is 6.09 Å². The van der Waals surface area contributed by atoms with Crippen molar-refractivity contribution in [2.45, 2.75) is 45.1 Å². The molecule has 5 nitrogen and oxygen atoms in total. The van der Waals surface area contributed by atoms with E-state index in [4.69, 9.17) is 9.47 Å². The summed E-state index contributed by atoms with van der Waals surface area (Å²) in [5, 5.41) is 0. The number of likely N-dealkylation sites (tertiary alicyclic amines) is 1. The van der Waals surface area contributed by atoms with Crippen LogP contribution in [0.25, 0.3) is 0 Å². The minimum Gasteiger partial charge on any atom is -0.497 e. The van der Waals surface area contributed by atoms with Crippen molar-refractivity contribution in [2.24, 2.45) is 0 Å². The van der Waals surface area contributed by atoms with Gasteiger partial charge < -0.3 is 9.47 Å². The van der Waals surface area contributed by atoms with E-state index in [1.165, 1.54) is 4.90 Å². The third-order valence-corrected chi connectivity index (χ3v) is 3.62. The van der Waals surface area contributed by atoms with Crippen molar-refractivity contribution in [2.75, 3.05) is 13.7 Å². The molecule has 22 heavy (non-hydrogen) atoms. The summed E-state index contributed by atoms with van der Waals surface area (Å²) in [6.45, 7) is 5.77. The highest BCUT2D eigenvalue weighted by atomic mass is 16.6. The fourth-order valence-corrected chi connectivity index (χ4v) is 2.50. The number of carbonyl (C=O) groups excluding carboxylic acids is 2. The fourth-order valence-electron chi connectivity index (χ4n) is 2.50. The molecule has 1 heterocycles. The normalized spacial score (nSPS) is 19.0. The third-order valence-electron chi connectivity index (χ3n) is 3.62. The number of imide groups is 1. The van der Waals surface area contributed by atoms with E-state index >= 15 is 0 Å². The van der Waals surface area contributed by atoms with Gasteiger partial charge in [0.2, 0.25) is 5.91 Å². The molecule has 0 radical (unpaired) electrons. The van der Waals surface area contributed by atoms with Gasteiger partial charge in [-0.1, -0.05) is 12.1 Å². The quantitative estimate of drug-likeness (QED) is 0.841. The molecule has 2 amide bonds. The Hall–Kier alpha value is -2.04. The highest BCUT2D eigenvalue weighted by molar-refractivity contribution is 5.93. The zero-order valence-electron chi connectivity index (χ0n) is 13.6. The van der Waals surface area contributed by atoms with Crippen molar-refractivity contribution in [3.63, 3.8) is 0 Å². The highest BCUT2D eigenvalue weighted by Gasteiger charge is 2.33. The molecular weight excluding hydrogens is 282 g/mol. The Balaban J connectivity index is 2.00. The lowest BCUT2D eigenvalue weighted by Gasteiger charge is -2.32. The average Bonchev–Trinajstić information content (AvgIpc) is 2.45. The smallest absolute Gasteiger partial charge is 0.417 e. The van der Waals surface area contributed by atoms with Crippen molar-refractivity contribution in [1.82, 2.24) is 4.90 Å². The van der Waals surface area contributed by atoms with E-state index in [1.807, 2.05) is 24.3 Å². The van der Waals surface area contributed by atoms with E-state index in [9.17, 15) is 9.59 Å². The molecule has 120 valence electrons. The number of amides is 2. The number of rotatable bonds is 2. The van der Waals surface area contributed by atoms with Crippen LogP contribution in [0.15, 0.2) is 24.3 Å². The molecule has 0 saturated carbocycles. The van der Waals surface area contributed by atoms with Gasteiger partial charge in [-0.15, -0.1) is 0 Å². The van der Waals surface area contributed by atoms with Gasteiger partial charge in [0, 0.05) is 13.0 Å². The predicted octanol–water partition coefficient (Wildman–Crippen LogP) is 3.34. The third kappa shape index (κ3) is 4.00. The van der Waals surface area contributed by atoms with Crippen LogP contribution in [-0.2, 0) is 9.53 Å². The van der Waals surface area contributed by atoms with Gasteiger partial charge in [0.1, 0.15) is 11.4 Å². The number of ether oxygens (including phenoxy) is 2. The topological polar surface area (TPSA) is 55.8 Å². The van der Waals surface area contributed by atoms with Crippen LogP contribution >= 0.6 is 0 Å². The summed E-state index contributed by atoms with van der Waals surface area (Å²) >= 11 is 0. The Morgan fingerprint density at radius 3 is 2.36 bits per heavy atom. The molecule has 0 aromatic heterocycles. The van der Waals surface area contributed by atoms with E-state index in [0.29, 0.717) is 13.0 Å². The highest BCUT2D eigenvalue weighted by Crippen LogP contribution is 2.30. The van der Waals surface area contributed by atoms with Gasteiger partial charge in [-0.25, -0.2) is 9.69 Å². The van der Waals surface area contributed by atoms with Crippen LogP contribution in [0.4, 0.5) is 4.79 Å². The standard InChI is InChI=1S/C17H23NO4/c1-17(2,3)22-16(20)18-10-9-13(11-15(18)19)12-5-7-14(21-4)8-6-12/h5-8,13H,9-11H2,1-4H3. The Bertz CT molecular complexity index is 545. The zero-order chi connectivity index (χ0) is 16.3. The van der Waals surface area contributed by atoms with Crippen molar-refractivity contribution < 1.29 is 19.1 Å². The molecule has 0 spiro atoms. The summed E-state index contributed by atoms with van der Waals surface area (Å²) < 4.78 is 10.4. The lowest BCUT2D eigenvalue weighted by atomic mass is 9.89. The molecule has 1 aliphatic rings. The van der Waals surface area contributed by atoms with Gasteiger partial charge in [0.15, 0.2) is 0 Å². The van der Waals surface area contributed by atoms with Crippen molar-refractivity contribution >= 4 is 12.0 Å². The number of carbonyl (C=O) groups is 2. The zero-order valence-corrected chi connectivity index (χ0v) is 13.6. The van der Waals surface area contributed by atoms with Gasteiger partial charge in [-0.2, -0.15) is 0 Å². The monoisotopic (exact) mass is 305 g/mol. The summed E-state index contributed by atoms with van der Waals surface area (Å²) in [6, 6.07) is 7.72. The summed E-state index contributed by atoms with van der Waals surface area (Å²) in [7, 11) is 1.62. The molecule has 1 saturated heterocycles. The van der Waals surface area contributed by atoms with Gasteiger partial charge in [0.25, 0.3) is 0 Å². The minimum atomic E-state index is -0.593. The summed E-state index contributed by atoms with van der Waals surface area (Å²) in [6.07, 6.45) is 0.522. The molecular formula is C17H23NO4. The van der Waals surface area contributed by atoms with Crippen molar-refractivity contribution in [1.29, 1.82) is 0 Å². The average molecular weight is 305 g/mol. The van der Waals surface area contributed by atoms with Crippen LogP contribution in [-0.4, -0.2) is 36.2 Å². The molecule has 2 rings (SSSR count). The predicted molar refractivity (Wildman–Crippen MR) is 82.9 cm³/mol. The summed E-state index contributed by atoms with van der Waals surface area (Å²) in [5.74, 6) is 0.750. The molecule has 1 atom stereocenters. The lowest BCUT2D eigenvalue weighted by molar-refractivity contribution is -0.132. The van der Waals surface area contributed by atoms with E-state index in [0.717, 1.165) is 17.7 Å². The number of nitrogens with zero attached hydrogens (tertiary/aromatic N) is 1. The van der Waals surface area contributed by atoms with Crippen LogP contribution < -0.4 is 4.74 Å². The number of methoxy groups -OCH3 is 1. The van der Waals surface area contributed by atoms with E-state index in [1.54, 1.807) is 27.9 Å². The van der Waals surface area contributed by atoms with E-state index in [2.05, 4.69) is 0 Å². The molecule has 0 aliphatic carbocycles. The van der Waals surface area contributed by atoms with E-state index in [-0.39, 0.29) is 11.8 Å². The van der Waals surface area contributed by atoms with Crippen LogP contribution in [0, 0.1) is 0 Å². The Kier molecular flexibility index (Phi) is 4.74. The maximum atomic E-state index is 12.2. The molecule has 1 fully saturated rings. The SMILES string of the molecule is COc1ccc(C2CCN(C(=O)OC(C)(C)C)C(=O)C2)cc1. The molecule has 1 aliphatic heterocycles. The van der Waals surface area contributed by atoms with Crippen LogP contribution in [0.3, 0.4) is 0 Å². The Morgan fingerprint density at radius 1 is 1.23 bits per heavy atom.